The molecule has 1 aromatic carbocycles. The number of rotatable bonds is 6. The van der Waals surface area contributed by atoms with E-state index in [1.54, 1.807) is 13.8 Å². The number of benzene rings is 1. The third-order valence-corrected chi connectivity index (χ3v) is 4.71. The lowest BCUT2D eigenvalue weighted by atomic mass is 9.75. The fourth-order valence-corrected chi connectivity index (χ4v) is 3.18. The van der Waals surface area contributed by atoms with Crippen molar-refractivity contribution in [1.82, 2.24) is 0 Å². The van der Waals surface area contributed by atoms with Gasteiger partial charge in [-0.15, -0.1) is 0 Å². The Morgan fingerprint density at radius 2 is 2.00 bits per heavy atom. The summed E-state index contributed by atoms with van der Waals surface area (Å²) >= 11 is 0. The molecule has 0 unspecified atom stereocenters. The summed E-state index contributed by atoms with van der Waals surface area (Å²) in [6, 6.07) is 3.99. The summed E-state index contributed by atoms with van der Waals surface area (Å²) in [7, 11) is 0. The molecule has 0 saturated carbocycles. The van der Waals surface area contributed by atoms with Crippen LogP contribution in [0.4, 0.5) is 4.39 Å². The van der Waals surface area contributed by atoms with Gasteiger partial charge in [0.25, 0.3) is 0 Å². The van der Waals surface area contributed by atoms with E-state index >= 15 is 0 Å². The second-order valence-corrected chi connectivity index (χ2v) is 7.39. The lowest BCUT2D eigenvalue weighted by Crippen LogP contribution is -2.20. The molecule has 0 saturated heterocycles. The summed E-state index contributed by atoms with van der Waals surface area (Å²) in [4.78, 5) is 10.7. The number of halogens is 1. The molecule has 0 fully saturated rings. The van der Waals surface area contributed by atoms with Crippen molar-refractivity contribution in [2.75, 3.05) is 6.61 Å². The Hall–Kier alpha value is -2.62. The lowest BCUT2D eigenvalue weighted by Gasteiger charge is -2.30. The number of aliphatic carboxylic acids is 1. The Morgan fingerprint density at radius 3 is 2.63 bits per heavy atom. The largest absolute Gasteiger partial charge is 0.493 e. The predicted octanol–water partition coefficient (Wildman–Crippen LogP) is 6.07. The summed E-state index contributed by atoms with van der Waals surface area (Å²) in [6.45, 7) is 10.1. The average molecular weight is 370 g/mol. The highest BCUT2D eigenvalue weighted by atomic mass is 19.1. The molecule has 1 N–H and O–H groups in total. The van der Waals surface area contributed by atoms with Crippen LogP contribution in [0.5, 0.6) is 5.75 Å². The fraction of sp³-hybridized carbons (Fsp3) is 0.348. The van der Waals surface area contributed by atoms with Crippen molar-refractivity contribution in [2.45, 2.75) is 46.5 Å². The van der Waals surface area contributed by atoms with E-state index in [9.17, 15) is 9.18 Å². The van der Waals surface area contributed by atoms with Crippen molar-refractivity contribution in [3.8, 4) is 5.75 Å². The van der Waals surface area contributed by atoms with Gasteiger partial charge in [0, 0.05) is 11.6 Å². The highest BCUT2D eigenvalue weighted by Gasteiger charge is 2.26. The molecule has 4 heteroatoms. The molecule has 0 atom stereocenters. The lowest BCUT2D eigenvalue weighted by molar-refractivity contribution is -0.131. The van der Waals surface area contributed by atoms with Crippen LogP contribution in [0.3, 0.4) is 0 Å². The highest BCUT2D eigenvalue weighted by Crippen LogP contribution is 2.41. The van der Waals surface area contributed by atoms with Crippen molar-refractivity contribution in [2.24, 2.45) is 0 Å². The molecule has 144 valence electrons. The van der Waals surface area contributed by atoms with E-state index in [0.29, 0.717) is 29.1 Å². The van der Waals surface area contributed by atoms with Crippen LogP contribution in [0.15, 0.2) is 47.8 Å². The van der Waals surface area contributed by atoms with Gasteiger partial charge in [-0.1, -0.05) is 32.1 Å². The standard InChI is InChI=1S/C23H27FO3/c1-6-27-21-14-19-17(8-7-11-23(19,4)5)13-18(21)16(3)20(24)10-9-15(2)12-22(25)26/h7-10,12-14H,6,11H2,1-5H3,(H,25,26). The van der Waals surface area contributed by atoms with Crippen molar-refractivity contribution in [3.63, 3.8) is 0 Å². The SMILES string of the molecule is CCOc1cc2c(cc1C(C)=C(F)C=CC(C)=CC(=O)O)C=CCC2(C)C. The maximum Gasteiger partial charge on any atom is 0.328 e. The highest BCUT2D eigenvalue weighted by molar-refractivity contribution is 5.81. The number of carboxylic acids is 1. The van der Waals surface area contributed by atoms with Crippen LogP contribution in [0.2, 0.25) is 0 Å². The number of ether oxygens (including phenoxy) is 1. The van der Waals surface area contributed by atoms with Crippen molar-refractivity contribution < 1.29 is 19.0 Å². The van der Waals surface area contributed by atoms with Gasteiger partial charge in [0.15, 0.2) is 0 Å². The van der Waals surface area contributed by atoms with Gasteiger partial charge in [-0.05, 0) is 73.1 Å². The molecule has 2 rings (SSSR count). The average Bonchev–Trinajstić information content (AvgIpc) is 2.58. The summed E-state index contributed by atoms with van der Waals surface area (Å²) in [5.41, 5.74) is 3.90. The minimum atomic E-state index is -1.05. The summed E-state index contributed by atoms with van der Waals surface area (Å²) in [5.74, 6) is -0.812. The normalized spacial score (nSPS) is 16.9. The molecular formula is C23H27FO3. The monoisotopic (exact) mass is 370 g/mol. The molecule has 1 aliphatic rings. The van der Waals surface area contributed by atoms with E-state index in [1.165, 1.54) is 17.7 Å². The Morgan fingerprint density at radius 1 is 1.30 bits per heavy atom. The first-order valence-corrected chi connectivity index (χ1v) is 9.09. The van der Waals surface area contributed by atoms with E-state index in [0.717, 1.165) is 18.1 Å². The van der Waals surface area contributed by atoms with Gasteiger partial charge in [0.1, 0.15) is 11.6 Å². The van der Waals surface area contributed by atoms with Crippen molar-refractivity contribution in [3.05, 3.63) is 64.5 Å². The van der Waals surface area contributed by atoms with Gasteiger partial charge >= 0.3 is 5.97 Å². The van der Waals surface area contributed by atoms with Crippen LogP contribution < -0.4 is 4.74 Å². The third kappa shape index (κ3) is 4.97. The molecule has 27 heavy (non-hydrogen) atoms. The van der Waals surface area contributed by atoms with E-state index in [2.05, 4.69) is 26.0 Å². The molecule has 0 radical (unpaired) electrons. The van der Waals surface area contributed by atoms with Gasteiger partial charge in [-0.2, -0.15) is 0 Å². The van der Waals surface area contributed by atoms with Crippen LogP contribution in [0.1, 0.15) is 57.7 Å². The second kappa shape index (κ2) is 8.38. The molecule has 0 heterocycles. The molecule has 0 spiro atoms. The van der Waals surface area contributed by atoms with Crippen LogP contribution in [-0.2, 0) is 10.2 Å². The molecule has 0 aromatic heterocycles. The van der Waals surface area contributed by atoms with E-state index in [4.69, 9.17) is 9.84 Å². The number of hydrogen-bond donors (Lipinski definition) is 1. The minimum absolute atomic E-state index is 0.00324. The molecule has 1 aliphatic carbocycles. The number of carboxylic acid groups (broad SMARTS) is 1. The molecular weight excluding hydrogens is 343 g/mol. The Bertz CT molecular complexity index is 855. The molecule has 0 amide bonds. The number of allylic oxidation sites excluding steroid dienone is 6. The van der Waals surface area contributed by atoms with Crippen molar-refractivity contribution >= 4 is 17.6 Å². The quantitative estimate of drug-likeness (QED) is 0.488. The number of hydrogen-bond acceptors (Lipinski definition) is 2. The fourth-order valence-electron chi connectivity index (χ4n) is 3.18. The zero-order valence-corrected chi connectivity index (χ0v) is 16.6. The Balaban J connectivity index is 2.52. The maximum atomic E-state index is 14.7. The van der Waals surface area contributed by atoms with Crippen LogP contribution >= 0.6 is 0 Å². The zero-order valence-electron chi connectivity index (χ0n) is 16.6. The smallest absolute Gasteiger partial charge is 0.328 e. The topological polar surface area (TPSA) is 46.5 Å². The number of carbonyl (C=O) groups is 1. The van der Waals surface area contributed by atoms with Crippen molar-refractivity contribution in [1.29, 1.82) is 0 Å². The van der Waals surface area contributed by atoms with Crippen LogP contribution in [0, 0.1) is 0 Å². The minimum Gasteiger partial charge on any atom is -0.493 e. The van der Waals surface area contributed by atoms with E-state index in [1.807, 2.05) is 19.1 Å². The Kier molecular flexibility index (Phi) is 6.42. The molecule has 0 bridgehead atoms. The van der Waals surface area contributed by atoms with Crippen LogP contribution in [0.25, 0.3) is 11.6 Å². The Labute approximate surface area is 160 Å². The van der Waals surface area contributed by atoms with E-state index in [-0.39, 0.29) is 5.41 Å². The first-order valence-electron chi connectivity index (χ1n) is 9.09. The summed E-state index contributed by atoms with van der Waals surface area (Å²) in [5, 5.41) is 8.75. The van der Waals surface area contributed by atoms with Gasteiger partial charge in [0.05, 0.1) is 6.61 Å². The molecule has 0 aliphatic heterocycles. The number of fused-ring (bicyclic) bond motifs is 1. The molecule has 1 aromatic rings. The van der Waals surface area contributed by atoms with E-state index < -0.39 is 11.8 Å². The van der Waals surface area contributed by atoms with Gasteiger partial charge in [-0.3, -0.25) is 0 Å². The van der Waals surface area contributed by atoms with Gasteiger partial charge in [-0.25, -0.2) is 9.18 Å². The third-order valence-electron chi connectivity index (χ3n) is 4.71. The van der Waals surface area contributed by atoms with Gasteiger partial charge in [0.2, 0.25) is 0 Å². The van der Waals surface area contributed by atoms with Crippen LogP contribution in [-0.4, -0.2) is 17.7 Å². The maximum absolute atomic E-state index is 14.7. The first kappa shape index (κ1) is 20.7. The first-order chi connectivity index (χ1) is 12.7. The van der Waals surface area contributed by atoms with Gasteiger partial charge < -0.3 is 9.84 Å². The summed E-state index contributed by atoms with van der Waals surface area (Å²) in [6.07, 6.45) is 8.94. The molecule has 3 nitrogen and oxygen atoms in total. The zero-order chi connectivity index (χ0) is 20.2. The summed E-state index contributed by atoms with van der Waals surface area (Å²) < 4.78 is 20.5. The second-order valence-electron chi connectivity index (χ2n) is 7.39. The predicted molar refractivity (Wildman–Crippen MR) is 109 cm³/mol.